The third-order valence-corrected chi connectivity index (χ3v) is 5.91. The van der Waals surface area contributed by atoms with E-state index in [2.05, 4.69) is 24.6 Å². The molecule has 1 nitrogen and oxygen atoms in total. The summed E-state index contributed by atoms with van der Waals surface area (Å²) in [7, 11) is 0. The smallest absolute Gasteiger partial charge is 0.0639 e. The molecule has 1 fully saturated rings. The van der Waals surface area contributed by atoms with E-state index in [0.717, 1.165) is 10.8 Å². The van der Waals surface area contributed by atoms with Gasteiger partial charge < -0.3 is 5.32 Å². The summed E-state index contributed by atoms with van der Waals surface area (Å²) in [6, 6.07) is 6.71. The molecule has 4 heteroatoms. The van der Waals surface area contributed by atoms with Gasteiger partial charge in [-0.2, -0.15) is 11.8 Å². The first-order valence-electron chi connectivity index (χ1n) is 6.84. The quantitative estimate of drug-likeness (QED) is 0.806. The van der Waals surface area contributed by atoms with Crippen LogP contribution in [0.4, 0.5) is 0 Å². The number of halogens is 2. The molecule has 1 aromatic carbocycles. The lowest BCUT2D eigenvalue weighted by Gasteiger charge is -2.31. The Hall–Kier alpha value is 0.110. The Kier molecular flexibility index (Phi) is 5.88. The molecule has 0 heterocycles. The fourth-order valence-electron chi connectivity index (χ4n) is 2.76. The Balaban J connectivity index is 1.94. The first-order valence-corrected chi connectivity index (χ1v) is 8.89. The fraction of sp³-hybridized carbons (Fsp3) is 0.600. The molecule has 0 bridgehead atoms. The van der Waals surface area contributed by atoms with Gasteiger partial charge in [0.15, 0.2) is 0 Å². The van der Waals surface area contributed by atoms with Crippen molar-refractivity contribution in [3.8, 4) is 0 Å². The predicted octanol–water partition coefficient (Wildman–Crippen LogP) is 5.32. The summed E-state index contributed by atoms with van der Waals surface area (Å²) in [6.45, 7) is 2.16. The third kappa shape index (κ3) is 4.04. The Bertz CT molecular complexity index is 417. The van der Waals surface area contributed by atoms with Gasteiger partial charge in [-0.3, -0.25) is 0 Å². The van der Waals surface area contributed by atoms with Crippen LogP contribution in [-0.2, 0) is 0 Å². The van der Waals surface area contributed by atoms with Gasteiger partial charge in [0.1, 0.15) is 0 Å². The number of hydrogen-bond donors (Lipinski definition) is 1. The topological polar surface area (TPSA) is 12.0 Å². The number of nitrogens with one attached hydrogen (secondary N) is 1. The highest BCUT2D eigenvalue weighted by Gasteiger charge is 2.22. The van der Waals surface area contributed by atoms with Gasteiger partial charge in [0.05, 0.1) is 10.0 Å². The van der Waals surface area contributed by atoms with Gasteiger partial charge in [0.2, 0.25) is 0 Å². The summed E-state index contributed by atoms with van der Waals surface area (Å²) < 4.78 is 0. The summed E-state index contributed by atoms with van der Waals surface area (Å²) >= 11 is 14.4. The summed E-state index contributed by atoms with van der Waals surface area (Å²) in [5.74, 6) is 0. The molecule has 0 amide bonds. The summed E-state index contributed by atoms with van der Waals surface area (Å²) in [5, 5.41) is 5.87. The van der Waals surface area contributed by atoms with E-state index in [4.69, 9.17) is 23.2 Å². The van der Waals surface area contributed by atoms with Gasteiger partial charge in [0.25, 0.3) is 0 Å². The standard InChI is InChI=1S/C15H21Cl2NS/c1-10(13-4-3-5-14(16)15(13)17)18-11-6-8-12(19-2)9-7-11/h3-5,10-12,18H,6-9H2,1-2H3. The van der Waals surface area contributed by atoms with Crippen LogP contribution in [0, 0.1) is 0 Å². The van der Waals surface area contributed by atoms with Crippen molar-refractivity contribution in [1.29, 1.82) is 0 Å². The maximum atomic E-state index is 6.28. The van der Waals surface area contributed by atoms with Gasteiger partial charge in [-0.1, -0.05) is 35.3 Å². The fourth-order valence-corrected chi connectivity index (χ4v) is 3.98. The Morgan fingerprint density at radius 3 is 2.53 bits per heavy atom. The maximum Gasteiger partial charge on any atom is 0.0639 e. The zero-order valence-corrected chi connectivity index (χ0v) is 13.8. The molecule has 0 saturated heterocycles. The molecule has 1 N–H and O–H groups in total. The molecule has 1 aliphatic rings. The lowest BCUT2D eigenvalue weighted by molar-refractivity contribution is 0.352. The highest BCUT2D eigenvalue weighted by Crippen LogP contribution is 2.32. The SMILES string of the molecule is CSC1CCC(NC(C)c2cccc(Cl)c2Cl)CC1. The van der Waals surface area contributed by atoms with Crippen molar-refractivity contribution in [2.45, 2.75) is 49.9 Å². The number of thioether (sulfide) groups is 1. The molecule has 19 heavy (non-hydrogen) atoms. The highest BCUT2D eigenvalue weighted by atomic mass is 35.5. The van der Waals surface area contributed by atoms with E-state index in [9.17, 15) is 0 Å². The van der Waals surface area contributed by atoms with Crippen LogP contribution < -0.4 is 5.32 Å². The van der Waals surface area contributed by atoms with Crippen LogP contribution in [0.2, 0.25) is 10.0 Å². The molecular formula is C15H21Cl2NS. The van der Waals surface area contributed by atoms with Crippen LogP contribution in [0.25, 0.3) is 0 Å². The van der Waals surface area contributed by atoms with Crippen LogP contribution in [-0.4, -0.2) is 17.5 Å². The van der Waals surface area contributed by atoms with E-state index in [1.807, 2.05) is 23.9 Å². The largest absolute Gasteiger partial charge is 0.307 e. The molecule has 0 aromatic heterocycles. The second-order valence-corrected chi connectivity index (χ2v) is 7.16. The van der Waals surface area contributed by atoms with Crippen molar-refractivity contribution in [3.63, 3.8) is 0 Å². The average molecular weight is 318 g/mol. The van der Waals surface area contributed by atoms with Crippen LogP contribution in [0.1, 0.15) is 44.2 Å². The summed E-state index contributed by atoms with van der Waals surface area (Å²) in [6.07, 6.45) is 7.36. The minimum Gasteiger partial charge on any atom is -0.307 e. The van der Waals surface area contributed by atoms with Gasteiger partial charge in [-0.05, 0) is 50.5 Å². The van der Waals surface area contributed by atoms with Gasteiger partial charge >= 0.3 is 0 Å². The van der Waals surface area contributed by atoms with Crippen molar-refractivity contribution in [2.24, 2.45) is 0 Å². The van der Waals surface area contributed by atoms with E-state index in [0.29, 0.717) is 16.1 Å². The molecule has 1 aliphatic carbocycles. The minimum absolute atomic E-state index is 0.252. The summed E-state index contributed by atoms with van der Waals surface area (Å²) in [4.78, 5) is 0. The number of benzene rings is 1. The zero-order chi connectivity index (χ0) is 13.8. The molecule has 0 aliphatic heterocycles. The number of rotatable bonds is 4. The normalized spacial score (nSPS) is 25.3. The van der Waals surface area contributed by atoms with Crippen molar-refractivity contribution in [3.05, 3.63) is 33.8 Å². The van der Waals surface area contributed by atoms with Gasteiger partial charge in [-0.15, -0.1) is 0 Å². The molecule has 1 atom stereocenters. The third-order valence-electron chi connectivity index (χ3n) is 3.94. The van der Waals surface area contributed by atoms with E-state index in [-0.39, 0.29) is 6.04 Å². The minimum atomic E-state index is 0.252. The van der Waals surface area contributed by atoms with Crippen molar-refractivity contribution in [2.75, 3.05) is 6.26 Å². The van der Waals surface area contributed by atoms with E-state index in [1.54, 1.807) is 0 Å². The lowest BCUT2D eigenvalue weighted by atomic mass is 9.93. The maximum absolute atomic E-state index is 6.28. The average Bonchev–Trinajstić information content (AvgIpc) is 2.42. The molecule has 1 saturated carbocycles. The van der Waals surface area contributed by atoms with Gasteiger partial charge in [-0.25, -0.2) is 0 Å². The van der Waals surface area contributed by atoms with Crippen molar-refractivity contribution in [1.82, 2.24) is 5.32 Å². The molecule has 1 aromatic rings. The van der Waals surface area contributed by atoms with Crippen LogP contribution >= 0.6 is 35.0 Å². The van der Waals surface area contributed by atoms with Crippen LogP contribution in [0.3, 0.4) is 0 Å². The predicted molar refractivity (Wildman–Crippen MR) is 87.6 cm³/mol. The molecule has 0 radical (unpaired) electrons. The van der Waals surface area contributed by atoms with E-state index >= 15 is 0 Å². The van der Waals surface area contributed by atoms with Crippen molar-refractivity contribution >= 4 is 35.0 Å². The monoisotopic (exact) mass is 317 g/mol. The zero-order valence-electron chi connectivity index (χ0n) is 11.5. The first kappa shape index (κ1) is 15.5. The van der Waals surface area contributed by atoms with Crippen molar-refractivity contribution < 1.29 is 0 Å². The van der Waals surface area contributed by atoms with Crippen LogP contribution in [0.5, 0.6) is 0 Å². The lowest BCUT2D eigenvalue weighted by Crippen LogP contribution is -2.35. The highest BCUT2D eigenvalue weighted by molar-refractivity contribution is 7.99. The Morgan fingerprint density at radius 2 is 1.89 bits per heavy atom. The molecule has 1 unspecified atom stereocenters. The molecule has 2 rings (SSSR count). The Morgan fingerprint density at radius 1 is 1.21 bits per heavy atom. The van der Waals surface area contributed by atoms with E-state index < -0.39 is 0 Å². The Labute approximate surface area is 130 Å². The van der Waals surface area contributed by atoms with Crippen LogP contribution in [0.15, 0.2) is 18.2 Å². The molecule has 0 spiro atoms. The summed E-state index contributed by atoms with van der Waals surface area (Å²) in [5.41, 5.74) is 1.10. The molecular weight excluding hydrogens is 297 g/mol. The number of hydrogen-bond acceptors (Lipinski definition) is 2. The first-order chi connectivity index (χ1) is 9.11. The second-order valence-electron chi connectivity index (χ2n) is 5.24. The second kappa shape index (κ2) is 7.21. The molecule has 106 valence electrons. The van der Waals surface area contributed by atoms with Gasteiger partial charge in [0, 0.05) is 17.3 Å². The van der Waals surface area contributed by atoms with E-state index in [1.165, 1.54) is 25.7 Å².